The van der Waals surface area contributed by atoms with Crippen molar-refractivity contribution in [2.45, 2.75) is 32.1 Å². The van der Waals surface area contributed by atoms with Gasteiger partial charge in [0.05, 0.1) is 5.69 Å². The number of carbonyl (C=O) groups is 1. The second-order valence-electron chi connectivity index (χ2n) is 4.31. The number of anilines is 1. The van der Waals surface area contributed by atoms with E-state index in [2.05, 4.69) is 10.3 Å². The Balaban J connectivity index is 2.38. The molecule has 0 fully saturated rings. The van der Waals surface area contributed by atoms with E-state index in [-0.39, 0.29) is 11.4 Å². The highest BCUT2D eigenvalue weighted by Gasteiger charge is 2.11. The normalized spacial score (nSPS) is 11.5. The van der Waals surface area contributed by atoms with E-state index >= 15 is 0 Å². The Hall–Kier alpha value is -0.590. The van der Waals surface area contributed by atoms with Gasteiger partial charge in [0.15, 0.2) is 5.13 Å². The van der Waals surface area contributed by atoms with E-state index < -0.39 is 0 Å². The average Bonchev–Trinajstić information content (AvgIpc) is 2.49. The maximum absolute atomic E-state index is 10.8. The van der Waals surface area contributed by atoms with Gasteiger partial charge in [-0.25, -0.2) is 4.98 Å². The van der Waals surface area contributed by atoms with Gasteiger partial charge in [0.2, 0.25) is 5.91 Å². The molecule has 0 radical (unpaired) electrons. The summed E-state index contributed by atoms with van der Waals surface area (Å²) in [4.78, 5) is 15.1. The van der Waals surface area contributed by atoms with Crippen molar-refractivity contribution < 1.29 is 4.79 Å². The molecule has 0 aliphatic rings. The van der Waals surface area contributed by atoms with Crippen LogP contribution in [0.4, 0.5) is 5.13 Å². The molecule has 0 bridgehead atoms. The molecule has 1 aromatic rings. The first-order chi connectivity index (χ1) is 7.37. The summed E-state index contributed by atoms with van der Waals surface area (Å²) in [5, 5.41) is 5.29. The van der Waals surface area contributed by atoms with Crippen LogP contribution in [0.2, 0.25) is 0 Å². The Morgan fingerprint density at radius 3 is 2.94 bits per heavy atom. The zero-order valence-electron chi connectivity index (χ0n) is 9.74. The van der Waals surface area contributed by atoms with Crippen molar-refractivity contribution in [3.05, 3.63) is 11.1 Å². The third-order valence-corrected chi connectivity index (χ3v) is 3.81. The second-order valence-corrected chi connectivity index (χ2v) is 6.15. The standard InChI is InChI=1S/C10H17N3OS2/c1-7(14)12-9-13-8(5-16-9)4-15-6-10(2,3)11/h5H,4,6,11H2,1-3H3,(H,12,13,14). The minimum atomic E-state index is -0.152. The molecule has 0 spiro atoms. The lowest BCUT2D eigenvalue weighted by Crippen LogP contribution is -2.34. The summed E-state index contributed by atoms with van der Waals surface area (Å²) in [7, 11) is 0. The first-order valence-corrected chi connectivity index (χ1v) is 6.99. The molecule has 0 saturated carbocycles. The van der Waals surface area contributed by atoms with Crippen LogP contribution in [0.25, 0.3) is 0 Å². The Morgan fingerprint density at radius 2 is 2.38 bits per heavy atom. The molecule has 4 nitrogen and oxygen atoms in total. The number of thioether (sulfide) groups is 1. The number of nitrogens with one attached hydrogen (secondary N) is 1. The monoisotopic (exact) mass is 259 g/mol. The van der Waals surface area contributed by atoms with Gasteiger partial charge in [-0.05, 0) is 13.8 Å². The highest BCUT2D eigenvalue weighted by Crippen LogP contribution is 2.21. The minimum absolute atomic E-state index is 0.0864. The molecule has 0 aliphatic heterocycles. The predicted molar refractivity (Wildman–Crippen MR) is 70.8 cm³/mol. The fourth-order valence-corrected chi connectivity index (χ4v) is 2.85. The zero-order valence-corrected chi connectivity index (χ0v) is 11.4. The number of nitrogens with zero attached hydrogens (tertiary/aromatic N) is 1. The van der Waals surface area contributed by atoms with E-state index in [0.29, 0.717) is 5.13 Å². The van der Waals surface area contributed by atoms with Crippen LogP contribution in [-0.2, 0) is 10.5 Å². The Morgan fingerprint density at radius 1 is 1.69 bits per heavy atom. The van der Waals surface area contributed by atoms with E-state index in [1.165, 1.54) is 18.3 Å². The number of rotatable bonds is 5. The van der Waals surface area contributed by atoms with E-state index in [0.717, 1.165) is 17.2 Å². The van der Waals surface area contributed by atoms with E-state index in [1.54, 1.807) is 11.8 Å². The molecule has 0 aromatic carbocycles. The second kappa shape index (κ2) is 5.65. The molecule has 1 heterocycles. The molecule has 16 heavy (non-hydrogen) atoms. The van der Waals surface area contributed by atoms with Gasteiger partial charge in [-0.2, -0.15) is 11.8 Å². The topological polar surface area (TPSA) is 68.0 Å². The minimum Gasteiger partial charge on any atom is -0.325 e. The fraction of sp³-hybridized carbons (Fsp3) is 0.600. The molecule has 1 rings (SSSR count). The number of nitrogens with two attached hydrogens (primary N) is 1. The molecular formula is C10H17N3OS2. The Bertz CT molecular complexity index is 357. The summed E-state index contributed by atoms with van der Waals surface area (Å²) < 4.78 is 0. The van der Waals surface area contributed by atoms with Gasteiger partial charge in [0, 0.05) is 29.3 Å². The number of hydrogen-bond donors (Lipinski definition) is 2. The SMILES string of the molecule is CC(=O)Nc1nc(CSCC(C)(C)N)cs1. The molecule has 0 saturated heterocycles. The number of thiazole rings is 1. The van der Waals surface area contributed by atoms with Crippen molar-refractivity contribution >= 4 is 34.1 Å². The van der Waals surface area contributed by atoms with Crippen molar-refractivity contribution in [3.8, 4) is 0 Å². The van der Waals surface area contributed by atoms with Crippen LogP contribution >= 0.6 is 23.1 Å². The van der Waals surface area contributed by atoms with Gasteiger partial charge in [-0.15, -0.1) is 11.3 Å². The first kappa shape index (κ1) is 13.5. The summed E-state index contributed by atoms with van der Waals surface area (Å²) >= 11 is 3.20. The molecule has 90 valence electrons. The predicted octanol–water partition coefficient (Wildman–Crippen LogP) is 2.07. The van der Waals surface area contributed by atoms with Gasteiger partial charge >= 0.3 is 0 Å². The van der Waals surface area contributed by atoms with Crippen LogP contribution in [0.15, 0.2) is 5.38 Å². The highest BCUT2D eigenvalue weighted by atomic mass is 32.2. The van der Waals surface area contributed by atoms with Crippen molar-refractivity contribution in [2.75, 3.05) is 11.1 Å². The Kier molecular flexibility index (Phi) is 4.76. The summed E-state index contributed by atoms with van der Waals surface area (Å²) in [5.74, 6) is 1.63. The lowest BCUT2D eigenvalue weighted by atomic mass is 10.1. The summed E-state index contributed by atoms with van der Waals surface area (Å²) in [6, 6.07) is 0. The quantitative estimate of drug-likeness (QED) is 0.849. The average molecular weight is 259 g/mol. The van der Waals surface area contributed by atoms with E-state index in [4.69, 9.17) is 5.73 Å². The van der Waals surface area contributed by atoms with Crippen molar-refractivity contribution in [1.29, 1.82) is 0 Å². The third kappa shape index (κ3) is 5.48. The number of aromatic nitrogens is 1. The van der Waals surface area contributed by atoms with Gasteiger partial charge in [0.1, 0.15) is 0 Å². The molecule has 6 heteroatoms. The molecule has 1 aromatic heterocycles. The third-order valence-electron chi connectivity index (χ3n) is 1.56. The molecule has 3 N–H and O–H groups in total. The highest BCUT2D eigenvalue weighted by molar-refractivity contribution is 7.98. The van der Waals surface area contributed by atoms with Crippen LogP contribution < -0.4 is 11.1 Å². The summed E-state index contributed by atoms with van der Waals surface area (Å²) in [6.45, 7) is 5.49. The molecular weight excluding hydrogens is 242 g/mol. The van der Waals surface area contributed by atoms with Crippen molar-refractivity contribution in [3.63, 3.8) is 0 Å². The summed E-state index contributed by atoms with van der Waals surface area (Å²) in [6.07, 6.45) is 0. The van der Waals surface area contributed by atoms with E-state index in [9.17, 15) is 4.79 Å². The first-order valence-electron chi connectivity index (χ1n) is 4.95. The maximum atomic E-state index is 10.8. The van der Waals surface area contributed by atoms with Crippen LogP contribution in [0, 0.1) is 0 Å². The smallest absolute Gasteiger partial charge is 0.223 e. The summed E-state index contributed by atoms with van der Waals surface area (Å²) in [5.41, 5.74) is 6.71. The lowest BCUT2D eigenvalue weighted by molar-refractivity contribution is -0.114. The number of hydrogen-bond acceptors (Lipinski definition) is 5. The number of amides is 1. The van der Waals surface area contributed by atoms with Crippen LogP contribution in [0.5, 0.6) is 0 Å². The Labute approximate surface area is 104 Å². The van der Waals surface area contributed by atoms with Gasteiger partial charge in [0.25, 0.3) is 0 Å². The lowest BCUT2D eigenvalue weighted by Gasteiger charge is -2.16. The number of carbonyl (C=O) groups excluding carboxylic acids is 1. The van der Waals surface area contributed by atoms with Crippen LogP contribution in [0.3, 0.4) is 0 Å². The zero-order chi connectivity index (χ0) is 12.2. The molecule has 0 aliphatic carbocycles. The van der Waals surface area contributed by atoms with Crippen LogP contribution in [-0.4, -0.2) is 22.2 Å². The molecule has 0 unspecified atom stereocenters. The fourth-order valence-electron chi connectivity index (χ4n) is 1.000. The van der Waals surface area contributed by atoms with Crippen molar-refractivity contribution in [2.24, 2.45) is 5.73 Å². The van der Waals surface area contributed by atoms with Crippen LogP contribution in [0.1, 0.15) is 26.5 Å². The largest absolute Gasteiger partial charge is 0.325 e. The molecule has 0 atom stereocenters. The molecule has 1 amide bonds. The van der Waals surface area contributed by atoms with Gasteiger partial charge < -0.3 is 11.1 Å². The van der Waals surface area contributed by atoms with Gasteiger partial charge in [-0.3, -0.25) is 4.79 Å². The van der Waals surface area contributed by atoms with E-state index in [1.807, 2.05) is 19.2 Å². The van der Waals surface area contributed by atoms with Gasteiger partial charge in [-0.1, -0.05) is 0 Å². The maximum Gasteiger partial charge on any atom is 0.223 e. The van der Waals surface area contributed by atoms with Crippen molar-refractivity contribution in [1.82, 2.24) is 4.98 Å².